The van der Waals surface area contributed by atoms with Crippen molar-refractivity contribution in [1.82, 2.24) is 4.90 Å². The lowest BCUT2D eigenvalue weighted by Gasteiger charge is -2.37. The minimum atomic E-state index is -1.37. The molecule has 7 heteroatoms. The molecule has 0 radical (unpaired) electrons. The normalized spacial score (nSPS) is 28.9. The van der Waals surface area contributed by atoms with Gasteiger partial charge in [-0.2, -0.15) is 0 Å². The van der Waals surface area contributed by atoms with Gasteiger partial charge >= 0.3 is 12.1 Å². The third kappa shape index (κ3) is 3.58. The van der Waals surface area contributed by atoms with E-state index in [0.717, 1.165) is 4.90 Å². The van der Waals surface area contributed by atoms with E-state index in [1.807, 2.05) is 0 Å². The Morgan fingerprint density at radius 2 is 1.78 bits per heavy atom. The van der Waals surface area contributed by atoms with Gasteiger partial charge in [0.1, 0.15) is 11.5 Å². The predicted molar refractivity (Wildman–Crippen MR) is 60.9 cm³/mol. The predicted octanol–water partition coefficient (Wildman–Crippen LogP) is -0.340. The van der Waals surface area contributed by atoms with Crippen LogP contribution in [0.3, 0.4) is 0 Å². The number of aliphatic hydroxyl groups is 2. The van der Waals surface area contributed by atoms with Gasteiger partial charge in [0, 0.05) is 6.54 Å². The van der Waals surface area contributed by atoms with Crippen LogP contribution >= 0.6 is 0 Å². The largest absolute Gasteiger partial charge is 0.481 e. The molecule has 1 aliphatic rings. The Kier molecular flexibility index (Phi) is 4.18. The maximum atomic E-state index is 11.8. The van der Waals surface area contributed by atoms with Crippen molar-refractivity contribution in [2.45, 2.75) is 38.6 Å². The number of amides is 1. The number of aliphatic carboxylic acids is 1. The number of aliphatic hydroxyl groups excluding tert-OH is 2. The number of hydrogen-bond donors (Lipinski definition) is 3. The van der Waals surface area contributed by atoms with Crippen LogP contribution in [0.5, 0.6) is 0 Å². The van der Waals surface area contributed by atoms with Crippen molar-refractivity contribution in [2.24, 2.45) is 5.92 Å². The topological polar surface area (TPSA) is 107 Å². The summed E-state index contributed by atoms with van der Waals surface area (Å²) in [6.45, 7) is 4.75. The van der Waals surface area contributed by atoms with Crippen LogP contribution in [0.25, 0.3) is 0 Å². The number of likely N-dealkylation sites (tertiary alicyclic amines) is 1. The zero-order valence-corrected chi connectivity index (χ0v) is 10.7. The first-order valence-electron chi connectivity index (χ1n) is 5.68. The first-order chi connectivity index (χ1) is 8.11. The maximum Gasteiger partial charge on any atom is 0.410 e. The second-order valence-electron chi connectivity index (χ2n) is 5.39. The van der Waals surface area contributed by atoms with E-state index >= 15 is 0 Å². The number of nitrogens with zero attached hydrogens (tertiary/aromatic N) is 1. The van der Waals surface area contributed by atoms with Crippen LogP contribution in [-0.2, 0) is 9.53 Å². The zero-order chi connectivity index (χ0) is 14.1. The van der Waals surface area contributed by atoms with Gasteiger partial charge in [0.2, 0.25) is 0 Å². The van der Waals surface area contributed by atoms with E-state index in [2.05, 4.69) is 0 Å². The fourth-order valence-electron chi connectivity index (χ4n) is 1.72. The Morgan fingerprint density at radius 3 is 2.22 bits per heavy atom. The molecule has 0 aromatic carbocycles. The quantitative estimate of drug-likeness (QED) is 0.596. The molecule has 1 saturated heterocycles. The summed E-state index contributed by atoms with van der Waals surface area (Å²) in [7, 11) is 0. The number of carboxylic acid groups (broad SMARTS) is 1. The summed E-state index contributed by atoms with van der Waals surface area (Å²) >= 11 is 0. The minimum absolute atomic E-state index is 0.139. The number of carbonyl (C=O) groups excluding carboxylic acids is 1. The lowest BCUT2D eigenvalue weighted by molar-refractivity contribution is -0.155. The van der Waals surface area contributed by atoms with E-state index in [0.29, 0.717) is 0 Å². The fraction of sp³-hybridized carbons (Fsp3) is 0.818. The third-order valence-corrected chi connectivity index (χ3v) is 2.60. The van der Waals surface area contributed by atoms with Gasteiger partial charge in [0.25, 0.3) is 0 Å². The summed E-state index contributed by atoms with van der Waals surface area (Å²) in [6, 6.07) is 0. The number of rotatable bonds is 1. The van der Waals surface area contributed by atoms with Crippen molar-refractivity contribution >= 4 is 12.1 Å². The molecule has 1 fully saturated rings. The second-order valence-corrected chi connectivity index (χ2v) is 5.39. The summed E-state index contributed by atoms with van der Waals surface area (Å²) in [4.78, 5) is 23.8. The van der Waals surface area contributed by atoms with E-state index in [1.54, 1.807) is 20.8 Å². The van der Waals surface area contributed by atoms with Gasteiger partial charge in [-0.3, -0.25) is 4.79 Å². The molecule has 0 spiro atoms. The number of hydrogen-bond acceptors (Lipinski definition) is 5. The zero-order valence-electron chi connectivity index (χ0n) is 10.7. The van der Waals surface area contributed by atoms with Crippen molar-refractivity contribution in [3.05, 3.63) is 0 Å². The van der Waals surface area contributed by atoms with E-state index in [9.17, 15) is 19.8 Å². The maximum absolute atomic E-state index is 11.8. The molecule has 1 heterocycles. The van der Waals surface area contributed by atoms with Crippen LogP contribution < -0.4 is 0 Å². The van der Waals surface area contributed by atoms with E-state index in [4.69, 9.17) is 9.84 Å². The molecule has 1 aliphatic heterocycles. The lowest BCUT2D eigenvalue weighted by atomic mass is 9.93. The highest BCUT2D eigenvalue weighted by molar-refractivity contribution is 5.74. The Balaban J connectivity index is 2.74. The summed E-state index contributed by atoms with van der Waals surface area (Å²) in [5, 5.41) is 28.0. The van der Waals surface area contributed by atoms with Crippen molar-refractivity contribution in [2.75, 3.05) is 13.1 Å². The smallest absolute Gasteiger partial charge is 0.410 e. The van der Waals surface area contributed by atoms with Crippen LogP contribution in [-0.4, -0.2) is 63.2 Å². The Morgan fingerprint density at radius 1 is 1.22 bits per heavy atom. The van der Waals surface area contributed by atoms with Gasteiger partial charge in [-0.05, 0) is 20.8 Å². The first-order valence-corrected chi connectivity index (χ1v) is 5.68. The highest BCUT2D eigenvalue weighted by atomic mass is 16.6. The molecule has 0 saturated carbocycles. The van der Waals surface area contributed by atoms with Crippen molar-refractivity contribution in [3.8, 4) is 0 Å². The summed E-state index contributed by atoms with van der Waals surface area (Å²) < 4.78 is 5.09. The van der Waals surface area contributed by atoms with E-state index in [1.165, 1.54) is 0 Å². The number of piperidine rings is 1. The lowest BCUT2D eigenvalue weighted by Crippen LogP contribution is -2.57. The molecule has 1 rings (SSSR count). The molecule has 0 aliphatic carbocycles. The Labute approximate surface area is 105 Å². The third-order valence-electron chi connectivity index (χ3n) is 2.60. The second kappa shape index (κ2) is 5.11. The summed E-state index contributed by atoms with van der Waals surface area (Å²) in [5.74, 6) is -2.46. The van der Waals surface area contributed by atoms with Gasteiger partial charge in [0.15, 0.2) is 0 Å². The molecule has 0 unspecified atom stereocenters. The molecule has 3 N–H and O–H groups in total. The number of ether oxygens (including phenoxy) is 1. The fourth-order valence-corrected chi connectivity index (χ4v) is 1.72. The van der Waals surface area contributed by atoms with Gasteiger partial charge in [0.05, 0.1) is 18.8 Å². The van der Waals surface area contributed by atoms with Crippen LogP contribution in [0.4, 0.5) is 4.79 Å². The molecule has 0 aromatic heterocycles. The van der Waals surface area contributed by atoms with E-state index < -0.39 is 35.8 Å². The molecular formula is C11H19NO6. The van der Waals surface area contributed by atoms with Gasteiger partial charge in [-0.25, -0.2) is 4.79 Å². The van der Waals surface area contributed by atoms with Gasteiger partial charge in [-0.1, -0.05) is 0 Å². The first kappa shape index (κ1) is 14.7. The average molecular weight is 261 g/mol. The SMILES string of the molecule is CC(C)(C)OC(=O)N1C[C@@H](O)[C@H](O)[C@@H](C(=O)O)C1. The van der Waals surface area contributed by atoms with Gasteiger partial charge < -0.3 is 25.0 Å². The standard InChI is InChI=1S/C11H19NO6/c1-11(2,3)18-10(17)12-4-6(9(15)16)8(14)7(13)5-12/h6-8,13-14H,4-5H2,1-3H3,(H,15,16)/t6-,7+,8+/m0/s1. The Bertz CT molecular complexity index is 337. The summed E-state index contributed by atoms with van der Waals surface area (Å²) in [6.07, 6.45) is -3.35. The van der Waals surface area contributed by atoms with E-state index in [-0.39, 0.29) is 13.1 Å². The van der Waals surface area contributed by atoms with Crippen LogP contribution in [0.1, 0.15) is 20.8 Å². The average Bonchev–Trinajstić information content (AvgIpc) is 2.18. The van der Waals surface area contributed by atoms with Crippen molar-refractivity contribution in [3.63, 3.8) is 0 Å². The number of β-amino-alcohol motifs (C(OH)–C–C–N with tert-alkyl or cyclic N) is 1. The van der Waals surface area contributed by atoms with Crippen LogP contribution in [0.15, 0.2) is 0 Å². The highest BCUT2D eigenvalue weighted by Crippen LogP contribution is 2.20. The number of carbonyl (C=O) groups is 2. The van der Waals surface area contributed by atoms with Crippen LogP contribution in [0, 0.1) is 5.92 Å². The van der Waals surface area contributed by atoms with Crippen molar-refractivity contribution < 1.29 is 29.6 Å². The summed E-state index contributed by atoms with van der Waals surface area (Å²) in [5.41, 5.74) is -0.698. The molecular weight excluding hydrogens is 242 g/mol. The van der Waals surface area contributed by atoms with Crippen molar-refractivity contribution in [1.29, 1.82) is 0 Å². The van der Waals surface area contributed by atoms with Crippen LogP contribution in [0.2, 0.25) is 0 Å². The molecule has 1 amide bonds. The molecule has 3 atom stereocenters. The minimum Gasteiger partial charge on any atom is -0.481 e. The Hall–Kier alpha value is -1.34. The molecule has 0 aromatic rings. The molecule has 0 bridgehead atoms. The molecule has 104 valence electrons. The highest BCUT2D eigenvalue weighted by Gasteiger charge is 2.41. The number of carboxylic acids is 1. The monoisotopic (exact) mass is 261 g/mol. The molecule has 18 heavy (non-hydrogen) atoms. The molecule has 7 nitrogen and oxygen atoms in total. The van der Waals surface area contributed by atoms with Gasteiger partial charge in [-0.15, -0.1) is 0 Å².